The summed E-state index contributed by atoms with van der Waals surface area (Å²) in [4.78, 5) is 14.1. The smallest absolute Gasteiger partial charge is 0.159 e. The zero-order chi connectivity index (χ0) is 19.1. The van der Waals surface area contributed by atoms with Crippen LogP contribution in [0.1, 0.15) is 29.2 Å². The Balaban J connectivity index is 1.28. The highest BCUT2D eigenvalue weighted by atomic mass is 15.3. The Bertz CT molecular complexity index is 967. The molecule has 0 aromatic carbocycles. The van der Waals surface area contributed by atoms with Gasteiger partial charge in [0.1, 0.15) is 11.6 Å². The molecule has 1 aliphatic carbocycles. The van der Waals surface area contributed by atoms with E-state index in [4.69, 9.17) is 5.10 Å². The lowest BCUT2D eigenvalue weighted by molar-refractivity contribution is 0.242. The summed E-state index contributed by atoms with van der Waals surface area (Å²) in [5, 5.41) is 9.01. The number of hydrogen-bond acceptors (Lipinski definition) is 6. The van der Waals surface area contributed by atoms with Crippen LogP contribution in [0.4, 0.5) is 5.82 Å². The molecule has 5 rings (SSSR count). The second kappa shape index (κ2) is 7.01. The quantitative estimate of drug-likeness (QED) is 0.686. The van der Waals surface area contributed by atoms with Crippen LogP contribution < -0.4 is 4.90 Å². The minimum Gasteiger partial charge on any atom is -0.354 e. The number of nitrogens with zero attached hydrogens (tertiary/aromatic N) is 8. The first-order chi connectivity index (χ1) is 13.7. The number of aromatic nitrogens is 6. The van der Waals surface area contributed by atoms with Crippen LogP contribution in [-0.2, 0) is 26.4 Å². The fourth-order valence-electron chi connectivity index (χ4n) is 4.35. The molecule has 146 valence electrons. The molecule has 4 heterocycles. The largest absolute Gasteiger partial charge is 0.354 e. The van der Waals surface area contributed by atoms with Crippen molar-refractivity contribution in [2.75, 3.05) is 31.1 Å². The van der Waals surface area contributed by atoms with E-state index in [0.717, 1.165) is 56.6 Å². The molecule has 1 aliphatic heterocycles. The van der Waals surface area contributed by atoms with Crippen LogP contribution in [-0.4, -0.2) is 60.6 Å². The van der Waals surface area contributed by atoms with E-state index in [0.29, 0.717) is 0 Å². The lowest BCUT2D eigenvalue weighted by Crippen LogP contribution is -2.46. The Morgan fingerprint density at radius 2 is 1.86 bits per heavy atom. The van der Waals surface area contributed by atoms with Gasteiger partial charge in [-0.2, -0.15) is 10.2 Å². The number of piperazine rings is 1. The van der Waals surface area contributed by atoms with Gasteiger partial charge in [0.25, 0.3) is 0 Å². The Morgan fingerprint density at radius 1 is 1.04 bits per heavy atom. The van der Waals surface area contributed by atoms with E-state index in [1.165, 1.54) is 29.8 Å². The molecular weight excluding hydrogens is 352 g/mol. The summed E-state index contributed by atoms with van der Waals surface area (Å²) in [6.45, 7) is 6.92. The highest BCUT2D eigenvalue weighted by Gasteiger charge is 2.25. The van der Waals surface area contributed by atoms with Gasteiger partial charge in [-0.05, 0) is 37.8 Å². The van der Waals surface area contributed by atoms with E-state index in [1.807, 2.05) is 25.3 Å². The normalized spacial score (nSPS) is 17.3. The number of hydrogen-bond donors (Lipinski definition) is 0. The van der Waals surface area contributed by atoms with Gasteiger partial charge in [-0.3, -0.25) is 9.58 Å². The second-order valence-corrected chi connectivity index (χ2v) is 7.69. The standard InChI is InChI=1S/C20H26N8/c1-15-22-19(13-20(23-15)28-8-4-7-21-28)27-11-9-26(10-12-27)14-18-16-5-3-6-17(16)24-25(18)2/h4,7-8,13H,3,5-6,9-12,14H2,1-2H3. The lowest BCUT2D eigenvalue weighted by atomic mass is 10.2. The number of aryl methyl sites for hydroxylation is 3. The van der Waals surface area contributed by atoms with E-state index in [1.54, 1.807) is 10.9 Å². The Labute approximate surface area is 164 Å². The molecule has 8 heteroatoms. The maximum Gasteiger partial charge on any atom is 0.159 e. The maximum absolute atomic E-state index is 4.72. The molecule has 0 spiro atoms. The average Bonchev–Trinajstić information content (AvgIpc) is 3.42. The zero-order valence-electron chi connectivity index (χ0n) is 16.5. The Morgan fingerprint density at radius 3 is 2.64 bits per heavy atom. The Hall–Kier alpha value is -2.74. The summed E-state index contributed by atoms with van der Waals surface area (Å²) < 4.78 is 3.89. The molecule has 0 saturated carbocycles. The molecule has 0 bridgehead atoms. The van der Waals surface area contributed by atoms with E-state index in [2.05, 4.69) is 36.6 Å². The molecule has 1 saturated heterocycles. The van der Waals surface area contributed by atoms with Crippen LogP contribution in [0.3, 0.4) is 0 Å². The SMILES string of the molecule is Cc1nc(N2CCN(Cc3c4c(nn3C)CCC4)CC2)cc(-n2cccn2)n1. The second-order valence-electron chi connectivity index (χ2n) is 7.69. The fraction of sp³-hybridized carbons (Fsp3) is 0.500. The Kier molecular flexibility index (Phi) is 4.35. The third kappa shape index (κ3) is 3.17. The zero-order valence-corrected chi connectivity index (χ0v) is 16.5. The molecule has 0 atom stereocenters. The van der Waals surface area contributed by atoms with Gasteiger partial charge < -0.3 is 4.90 Å². The van der Waals surface area contributed by atoms with Crippen molar-refractivity contribution in [3.63, 3.8) is 0 Å². The monoisotopic (exact) mass is 378 g/mol. The van der Waals surface area contributed by atoms with Crippen molar-refractivity contribution in [1.29, 1.82) is 0 Å². The summed E-state index contributed by atoms with van der Waals surface area (Å²) >= 11 is 0. The van der Waals surface area contributed by atoms with Crippen molar-refractivity contribution < 1.29 is 0 Å². The first-order valence-corrected chi connectivity index (χ1v) is 10.0. The van der Waals surface area contributed by atoms with Crippen molar-refractivity contribution in [3.05, 3.63) is 47.3 Å². The highest BCUT2D eigenvalue weighted by molar-refractivity contribution is 5.44. The number of fused-ring (bicyclic) bond motifs is 1. The van der Waals surface area contributed by atoms with Gasteiger partial charge >= 0.3 is 0 Å². The van der Waals surface area contributed by atoms with Crippen molar-refractivity contribution in [2.24, 2.45) is 7.05 Å². The van der Waals surface area contributed by atoms with Crippen LogP contribution in [0.15, 0.2) is 24.5 Å². The topological polar surface area (TPSA) is 67.9 Å². The number of anilines is 1. The molecular formula is C20H26N8. The average molecular weight is 378 g/mol. The minimum atomic E-state index is 0.774. The number of rotatable bonds is 4. The van der Waals surface area contributed by atoms with Gasteiger partial charge in [0.15, 0.2) is 5.82 Å². The summed E-state index contributed by atoms with van der Waals surface area (Å²) in [5.74, 6) is 2.58. The molecule has 0 radical (unpaired) electrons. The summed E-state index contributed by atoms with van der Waals surface area (Å²) in [6.07, 6.45) is 7.27. The highest BCUT2D eigenvalue weighted by Crippen LogP contribution is 2.26. The van der Waals surface area contributed by atoms with Gasteiger partial charge in [-0.15, -0.1) is 0 Å². The molecule has 0 N–H and O–H groups in total. The van der Waals surface area contributed by atoms with Crippen molar-refractivity contribution >= 4 is 5.82 Å². The van der Waals surface area contributed by atoms with Crippen LogP contribution in [0.2, 0.25) is 0 Å². The maximum atomic E-state index is 4.72. The molecule has 2 aliphatic rings. The van der Waals surface area contributed by atoms with Gasteiger partial charge in [0.2, 0.25) is 0 Å². The predicted octanol–water partition coefficient (Wildman–Crippen LogP) is 1.52. The summed E-state index contributed by atoms with van der Waals surface area (Å²) in [6, 6.07) is 3.94. The molecule has 3 aromatic heterocycles. The third-order valence-corrected chi connectivity index (χ3v) is 5.82. The van der Waals surface area contributed by atoms with Gasteiger partial charge in [0, 0.05) is 58.2 Å². The van der Waals surface area contributed by atoms with Crippen LogP contribution >= 0.6 is 0 Å². The fourth-order valence-corrected chi connectivity index (χ4v) is 4.35. The van der Waals surface area contributed by atoms with Gasteiger partial charge in [-0.1, -0.05) is 0 Å². The van der Waals surface area contributed by atoms with Crippen LogP contribution in [0.25, 0.3) is 5.82 Å². The first-order valence-electron chi connectivity index (χ1n) is 10.0. The van der Waals surface area contributed by atoms with E-state index >= 15 is 0 Å². The first kappa shape index (κ1) is 17.4. The van der Waals surface area contributed by atoms with Gasteiger partial charge in [-0.25, -0.2) is 14.6 Å². The predicted molar refractivity (Wildman–Crippen MR) is 107 cm³/mol. The molecule has 28 heavy (non-hydrogen) atoms. The minimum absolute atomic E-state index is 0.774. The van der Waals surface area contributed by atoms with Crippen LogP contribution in [0, 0.1) is 6.92 Å². The van der Waals surface area contributed by atoms with E-state index < -0.39 is 0 Å². The van der Waals surface area contributed by atoms with Crippen molar-refractivity contribution in [3.8, 4) is 5.82 Å². The van der Waals surface area contributed by atoms with E-state index in [9.17, 15) is 0 Å². The summed E-state index contributed by atoms with van der Waals surface area (Å²) in [5.41, 5.74) is 4.22. The molecule has 8 nitrogen and oxygen atoms in total. The molecule has 1 fully saturated rings. The molecule has 0 unspecified atom stereocenters. The third-order valence-electron chi connectivity index (χ3n) is 5.82. The van der Waals surface area contributed by atoms with E-state index in [-0.39, 0.29) is 0 Å². The van der Waals surface area contributed by atoms with Crippen molar-refractivity contribution in [2.45, 2.75) is 32.7 Å². The summed E-state index contributed by atoms with van der Waals surface area (Å²) in [7, 11) is 2.09. The van der Waals surface area contributed by atoms with Gasteiger partial charge in [0.05, 0.1) is 11.4 Å². The lowest BCUT2D eigenvalue weighted by Gasteiger charge is -2.35. The molecule has 0 amide bonds. The molecule has 3 aromatic rings. The van der Waals surface area contributed by atoms with Crippen molar-refractivity contribution in [1.82, 2.24) is 34.4 Å². The van der Waals surface area contributed by atoms with Crippen LogP contribution in [0.5, 0.6) is 0 Å².